The standard InChI is InChI=1S/C23H24F3N3O3/c24-23(25,26)16-2-5-18(6-3-16)29-11-9-22(32,10-12-29)14-21(31)27-17-4-7-19-15(13-17)1-8-20(30)28-19/h2-7,13,32H,1,8-12,14H2,(H,27,31)(H,28,30). The maximum Gasteiger partial charge on any atom is 0.416 e. The number of fused-ring (bicyclic) bond motifs is 1. The van der Waals surface area contributed by atoms with Gasteiger partial charge in [-0.25, -0.2) is 0 Å². The molecule has 2 aromatic rings. The normalized spacial score (nSPS) is 18.0. The number of halogens is 3. The van der Waals surface area contributed by atoms with Crippen LogP contribution in [0.5, 0.6) is 0 Å². The Hall–Kier alpha value is -3.07. The first-order chi connectivity index (χ1) is 15.1. The van der Waals surface area contributed by atoms with Crippen LogP contribution in [0.15, 0.2) is 42.5 Å². The molecular formula is C23H24F3N3O3. The predicted molar refractivity (Wildman–Crippen MR) is 114 cm³/mol. The van der Waals surface area contributed by atoms with Gasteiger partial charge in [-0.2, -0.15) is 13.2 Å². The molecule has 2 amide bonds. The molecule has 0 bridgehead atoms. The topological polar surface area (TPSA) is 81.7 Å². The van der Waals surface area contributed by atoms with Gasteiger partial charge in [0.15, 0.2) is 0 Å². The molecular weight excluding hydrogens is 423 g/mol. The number of carbonyl (C=O) groups excluding carboxylic acids is 2. The van der Waals surface area contributed by atoms with Crippen LogP contribution in [0.25, 0.3) is 0 Å². The third kappa shape index (κ3) is 5.04. The van der Waals surface area contributed by atoms with E-state index < -0.39 is 17.3 Å². The first kappa shape index (κ1) is 22.1. The third-order valence-electron chi connectivity index (χ3n) is 6.03. The van der Waals surface area contributed by atoms with Gasteiger partial charge in [-0.3, -0.25) is 9.59 Å². The average Bonchev–Trinajstić information content (AvgIpc) is 2.73. The molecule has 1 saturated heterocycles. The molecule has 0 unspecified atom stereocenters. The fraction of sp³-hybridized carbons (Fsp3) is 0.391. The van der Waals surface area contributed by atoms with Crippen molar-refractivity contribution in [2.75, 3.05) is 28.6 Å². The van der Waals surface area contributed by atoms with E-state index in [-0.39, 0.29) is 18.2 Å². The molecule has 0 saturated carbocycles. The van der Waals surface area contributed by atoms with E-state index >= 15 is 0 Å². The number of hydrogen-bond acceptors (Lipinski definition) is 4. The summed E-state index contributed by atoms with van der Waals surface area (Å²) in [4.78, 5) is 25.9. The van der Waals surface area contributed by atoms with Crippen molar-refractivity contribution in [2.24, 2.45) is 0 Å². The van der Waals surface area contributed by atoms with Crippen LogP contribution in [-0.2, 0) is 22.2 Å². The minimum atomic E-state index is -4.37. The molecule has 32 heavy (non-hydrogen) atoms. The molecule has 2 aromatic carbocycles. The SMILES string of the molecule is O=C(CC1(O)CCN(c2ccc(C(F)(F)F)cc2)CC1)Nc1ccc2c(c1)CCC(=O)N2. The van der Waals surface area contributed by atoms with E-state index in [0.717, 1.165) is 23.4 Å². The molecule has 9 heteroatoms. The molecule has 0 aromatic heterocycles. The molecule has 1 fully saturated rings. The fourth-order valence-electron chi connectivity index (χ4n) is 4.18. The molecule has 170 valence electrons. The highest BCUT2D eigenvalue weighted by Crippen LogP contribution is 2.33. The number of benzene rings is 2. The van der Waals surface area contributed by atoms with Crippen molar-refractivity contribution in [1.82, 2.24) is 0 Å². The van der Waals surface area contributed by atoms with Gasteiger partial charge < -0.3 is 20.6 Å². The number of piperidine rings is 1. The third-order valence-corrected chi connectivity index (χ3v) is 6.03. The van der Waals surface area contributed by atoms with Crippen molar-refractivity contribution in [2.45, 2.75) is 43.9 Å². The van der Waals surface area contributed by atoms with Crippen LogP contribution in [0, 0.1) is 0 Å². The number of nitrogens with one attached hydrogen (secondary N) is 2. The molecule has 3 N–H and O–H groups in total. The van der Waals surface area contributed by atoms with E-state index in [2.05, 4.69) is 10.6 Å². The zero-order chi connectivity index (χ0) is 22.9. The molecule has 2 heterocycles. The zero-order valence-electron chi connectivity index (χ0n) is 17.3. The van der Waals surface area contributed by atoms with Gasteiger partial charge in [-0.1, -0.05) is 0 Å². The summed E-state index contributed by atoms with van der Waals surface area (Å²) in [5.74, 6) is -0.338. The van der Waals surface area contributed by atoms with Crippen LogP contribution in [-0.4, -0.2) is 35.6 Å². The number of hydrogen-bond donors (Lipinski definition) is 3. The molecule has 6 nitrogen and oxygen atoms in total. The van der Waals surface area contributed by atoms with Crippen LogP contribution in [0.2, 0.25) is 0 Å². The maximum absolute atomic E-state index is 12.7. The Bertz CT molecular complexity index is 1010. The van der Waals surface area contributed by atoms with Crippen LogP contribution >= 0.6 is 0 Å². The highest BCUT2D eigenvalue weighted by atomic mass is 19.4. The lowest BCUT2D eigenvalue weighted by molar-refractivity contribution is -0.137. The predicted octanol–water partition coefficient (Wildman–Crippen LogP) is 3.95. The summed E-state index contributed by atoms with van der Waals surface area (Å²) in [5, 5.41) is 16.5. The van der Waals surface area contributed by atoms with Gasteiger partial charge in [0.1, 0.15) is 0 Å². The number of alkyl halides is 3. The van der Waals surface area contributed by atoms with Gasteiger partial charge in [0.25, 0.3) is 0 Å². The summed E-state index contributed by atoms with van der Waals surface area (Å²) >= 11 is 0. The number of nitrogens with zero attached hydrogens (tertiary/aromatic N) is 1. The lowest BCUT2D eigenvalue weighted by Crippen LogP contribution is -2.46. The highest BCUT2D eigenvalue weighted by Gasteiger charge is 2.35. The Morgan fingerprint density at radius 3 is 2.44 bits per heavy atom. The van der Waals surface area contributed by atoms with Crippen LogP contribution < -0.4 is 15.5 Å². The van der Waals surface area contributed by atoms with Crippen molar-refractivity contribution < 1.29 is 27.9 Å². The second kappa shape index (κ2) is 8.46. The molecule has 2 aliphatic heterocycles. The van der Waals surface area contributed by atoms with Crippen LogP contribution in [0.3, 0.4) is 0 Å². The Labute approximate surface area is 183 Å². The number of aryl methyl sites for hydroxylation is 1. The van der Waals surface area contributed by atoms with Crippen molar-refractivity contribution in [1.29, 1.82) is 0 Å². The quantitative estimate of drug-likeness (QED) is 0.663. The largest absolute Gasteiger partial charge is 0.416 e. The Morgan fingerprint density at radius 2 is 1.78 bits per heavy atom. The highest BCUT2D eigenvalue weighted by molar-refractivity contribution is 5.95. The van der Waals surface area contributed by atoms with Crippen LogP contribution in [0.4, 0.5) is 30.2 Å². The summed E-state index contributed by atoms with van der Waals surface area (Å²) in [6, 6.07) is 10.2. The Morgan fingerprint density at radius 1 is 1.09 bits per heavy atom. The second-order valence-electron chi connectivity index (χ2n) is 8.40. The fourth-order valence-corrected chi connectivity index (χ4v) is 4.18. The van der Waals surface area contributed by atoms with E-state index in [1.807, 2.05) is 11.0 Å². The molecule has 4 rings (SSSR count). The smallest absolute Gasteiger partial charge is 0.389 e. The molecule has 0 atom stereocenters. The number of carbonyl (C=O) groups is 2. The van der Waals surface area contributed by atoms with Crippen molar-refractivity contribution in [3.8, 4) is 0 Å². The summed E-state index contributed by atoms with van der Waals surface area (Å²) in [6.07, 6.45) is -2.77. The lowest BCUT2D eigenvalue weighted by Gasteiger charge is -2.39. The lowest BCUT2D eigenvalue weighted by atomic mass is 9.87. The van der Waals surface area contributed by atoms with Gasteiger partial charge in [-0.05, 0) is 67.3 Å². The van der Waals surface area contributed by atoms with Gasteiger partial charge in [0, 0.05) is 36.6 Å². The monoisotopic (exact) mass is 447 g/mol. The maximum atomic E-state index is 12.7. The second-order valence-corrected chi connectivity index (χ2v) is 8.40. The van der Waals surface area contributed by atoms with Gasteiger partial charge in [0.2, 0.25) is 11.8 Å². The summed E-state index contributed by atoms with van der Waals surface area (Å²) in [5.41, 5.74) is 1.09. The number of rotatable bonds is 4. The van der Waals surface area contributed by atoms with E-state index in [4.69, 9.17) is 0 Å². The van der Waals surface area contributed by atoms with E-state index in [9.17, 15) is 27.9 Å². The molecule has 2 aliphatic rings. The minimum Gasteiger partial charge on any atom is -0.389 e. The van der Waals surface area contributed by atoms with Gasteiger partial charge >= 0.3 is 6.18 Å². The molecule has 0 spiro atoms. The molecule has 0 aliphatic carbocycles. The van der Waals surface area contributed by atoms with Crippen molar-refractivity contribution in [3.05, 3.63) is 53.6 Å². The number of aliphatic hydroxyl groups is 1. The Kier molecular flexibility index (Phi) is 5.85. The van der Waals surface area contributed by atoms with E-state index in [0.29, 0.717) is 50.1 Å². The van der Waals surface area contributed by atoms with E-state index in [1.165, 1.54) is 12.1 Å². The average molecular weight is 447 g/mol. The van der Waals surface area contributed by atoms with E-state index in [1.54, 1.807) is 12.1 Å². The summed E-state index contributed by atoms with van der Waals surface area (Å²) in [7, 11) is 0. The summed E-state index contributed by atoms with van der Waals surface area (Å²) in [6.45, 7) is 0.876. The Balaban J connectivity index is 1.32. The minimum absolute atomic E-state index is 0.0286. The van der Waals surface area contributed by atoms with Gasteiger partial charge in [-0.15, -0.1) is 0 Å². The summed E-state index contributed by atoms with van der Waals surface area (Å²) < 4.78 is 38.2. The first-order valence-corrected chi connectivity index (χ1v) is 10.5. The van der Waals surface area contributed by atoms with Crippen LogP contribution in [0.1, 0.15) is 36.8 Å². The van der Waals surface area contributed by atoms with Crippen molar-refractivity contribution in [3.63, 3.8) is 0 Å². The number of anilines is 3. The van der Waals surface area contributed by atoms with Crippen molar-refractivity contribution >= 4 is 28.9 Å². The zero-order valence-corrected chi connectivity index (χ0v) is 17.3. The van der Waals surface area contributed by atoms with Gasteiger partial charge in [0.05, 0.1) is 17.6 Å². The molecule has 0 radical (unpaired) electrons. The first-order valence-electron chi connectivity index (χ1n) is 10.5. The number of amides is 2.